The van der Waals surface area contributed by atoms with Crippen LogP contribution in [0.25, 0.3) is 0 Å². The number of nitriles is 1. The number of anilines is 1. The number of aromatic nitrogens is 1. The van der Waals surface area contributed by atoms with Gasteiger partial charge in [0.05, 0.1) is 11.3 Å². The van der Waals surface area contributed by atoms with Crippen LogP contribution in [0.3, 0.4) is 0 Å². The van der Waals surface area contributed by atoms with E-state index in [0.29, 0.717) is 5.82 Å². The van der Waals surface area contributed by atoms with Gasteiger partial charge in [0.2, 0.25) is 0 Å². The fourth-order valence-electron chi connectivity index (χ4n) is 2.14. The lowest BCUT2D eigenvalue weighted by Gasteiger charge is -2.11. The largest absolute Gasteiger partial charge is 0.339 e. The third-order valence-electron chi connectivity index (χ3n) is 3.41. The first-order chi connectivity index (χ1) is 11.0. The molecule has 4 heteroatoms. The topological polar surface area (TPSA) is 48.7 Å². The summed E-state index contributed by atoms with van der Waals surface area (Å²) in [6, 6.07) is 3.17. The molecule has 0 radical (unpaired) electrons. The summed E-state index contributed by atoms with van der Waals surface area (Å²) in [6.45, 7) is 9.53. The molecule has 0 saturated carbocycles. The van der Waals surface area contributed by atoms with Gasteiger partial charge in [-0.1, -0.05) is 38.0 Å². The standard InChI is InChI=1S/C19H24FN3/c1-5-7-8-10-14(3)11-17(9-6-2)23-19-16(13-21)12-18(20)15(4)22-19/h6,9,11-12H,2,5,7-8,10H2,1,3-4H3,(H,22,23)/b14-11+,17-9+. The second kappa shape index (κ2) is 9.58. The first-order valence-corrected chi connectivity index (χ1v) is 7.86. The maximum absolute atomic E-state index is 13.5. The van der Waals surface area contributed by atoms with Gasteiger partial charge in [0.1, 0.15) is 17.7 Å². The number of allylic oxidation sites excluding steroid dienone is 4. The molecule has 0 atom stereocenters. The molecule has 0 saturated heterocycles. The Kier molecular flexibility index (Phi) is 7.76. The van der Waals surface area contributed by atoms with Crippen molar-refractivity contribution in [2.45, 2.75) is 46.5 Å². The third kappa shape index (κ3) is 6.07. The molecule has 0 aromatic carbocycles. The highest BCUT2D eigenvalue weighted by molar-refractivity contribution is 5.57. The molecule has 0 aliphatic rings. The summed E-state index contributed by atoms with van der Waals surface area (Å²) in [6.07, 6.45) is 10.1. The number of aryl methyl sites for hydroxylation is 1. The molecule has 0 unspecified atom stereocenters. The maximum atomic E-state index is 13.5. The molecule has 0 fully saturated rings. The number of hydrogen-bond donors (Lipinski definition) is 1. The lowest BCUT2D eigenvalue weighted by Crippen LogP contribution is -2.05. The predicted molar refractivity (Wildman–Crippen MR) is 93.4 cm³/mol. The molecule has 1 heterocycles. The van der Waals surface area contributed by atoms with Crippen molar-refractivity contribution < 1.29 is 4.39 Å². The maximum Gasteiger partial charge on any atom is 0.148 e. The summed E-state index contributed by atoms with van der Waals surface area (Å²) in [5, 5.41) is 12.3. The Morgan fingerprint density at radius 2 is 2.22 bits per heavy atom. The van der Waals surface area contributed by atoms with E-state index in [-0.39, 0.29) is 11.3 Å². The number of nitrogens with one attached hydrogen (secondary N) is 1. The van der Waals surface area contributed by atoms with E-state index < -0.39 is 5.82 Å². The van der Waals surface area contributed by atoms with Crippen molar-refractivity contribution in [1.82, 2.24) is 4.98 Å². The van der Waals surface area contributed by atoms with Gasteiger partial charge < -0.3 is 5.32 Å². The van der Waals surface area contributed by atoms with E-state index in [1.54, 1.807) is 13.0 Å². The van der Waals surface area contributed by atoms with Gasteiger partial charge in [0.15, 0.2) is 0 Å². The fraction of sp³-hybridized carbons (Fsp3) is 0.368. The van der Waals surface area contributed by atoms with Crippen molar-refractivity contribution in [2.75, 3.05) is 5.32 Å². The van der Waals surface area contributed by atoms with Crippen LogP contribution in [0.4, 0.5) is 10.2 Å². The van der Waals surface area contributed by atoms with Crippen molar-refractivity contribution in [1.29, 1.82) is 5.26 Å². The highest BCUT2D eigenvalue weighted by atomic mass is 19.1. The van der Waals surface area contributed by atoms with Crippen LogP contribution in [0.15, 0.2) is 42.1 Å². The average molecular weight is 313 g/mol. The van der Waals surface area contributed by atoms with Crippen molar-refractivity contribution in [3.63, 3.8) is 0 Å². The van der Waals surface area contributed by atoms with Crippen LogP contribution < -0.4 is 5.32 Å². The second-order valence-corrected chi connectivity index (χ2v) is 5.49. The molecular weight excluding hydrogens is 289 g/mol. The predicted octanol–water partition coefficient (Wildman–Crippen LogP) is 5.41. The van der Waals surface area contributed by atoms with Gasteiger partial charge in [-0.15, -0.1) is 0 Å². The Labute approximate surface area is 138 Å². The van der Waals surface area contributed by atoms with Gasteiger partial charge in [0.25, 0.3) is 0 Å². The van der Waals surface area contributed by atoms with E-state index in [0.717, 1.165) is 18.5 Å². The highest BCUT2D eigenvalue weighted by Crippen LogP contribution is 2.19. The molecule has 0 bridgehead atoms. The van der Waals surface area contributed by atoms with E-state index >= 15 is 0 Å². The first kappa shape index (κ1) is 18.6. The van der Waals surface area contributed by atoms with Crippen LogP contribution in [0.5, 0.6) is 0 Å². The van der Waals surface area contributed by atoms with Gasteiger partial charge in [-0.2, -0.15) is 5.26 Å². The average Bonchev–Trinajstić information content (AvgIpc) is 2.51. The lowest BCUT2D eigenvalue weighted by atomic mass is 10.1. The number of hydrogen-bond acceptors (Lipinski definition) is 3. The van der Waals surface area contributed by atoms with Crippen LogP contribution in [-0.2, 0) is 0 Å². The Balaban J connectivity index is 3.00. The Hall–Kier alpha value is -2.41. The zero-order valence-electron chi connectivity index (χ0n) is 14.1. The van der Waals surface area contributed by atoms with Crippen molar-refractivity contribution in [2.24, 2.45) is 0 Å². The summed E-state index contributed by atoms with van der Waals surface area (Å²) < 4.78 is 13.5. The van der Waals surface area contributed by atoms with E-state index in [1.807, 2.05) is 18.2 Å². The quantitative estimate of drug-likeness (QED) is 0.515. The Morgan fingerprint density at radius 1 is 1.48 bits per heavy atom. The number of nitrogens with zero attached hydrogens (tertiary/aromatic N) is 2. The second-order valence-electron chi connectivity index (χ2n) is 5.49. The van der Waals surface area contributed by atoms with Crippen molar-refractivity contribution in [3.8, 4) is 6.07 Å². The monoisotopic (exact) mass is 313 g/mol. The zero-order chi connectivity index (χ0) is 17.2. The van der Waals surface area contributed by atoms with E-state index in [2.05, 4.69) is 30.7 Å². The van der Waals surface area contributed by atoms with Gasteiger partial charge in [-0.3, -0.25) is 0 Å². The summed E-state index contributed by atoms with van der Waals surface area (Å²) in [7, 11) is 0. The fourth-order valence-corrected chi connectivity index (χ4v) is 2.14. The number of unbranched alkanes of at least 4 members (excludes halogenated alkanes) is 2. The van der Waals surface area contributed by atoms with Gasteiger partial charge in [-0.05, 0) is 44.9 Å². The highest BCUT2D eigenvalue weighted by Gasteiger charge is 2.09. The summed E-state index contributed by atoms with van der Waals surface area (Å²) >= 11 is 0. The Morgan fingerprint density at radius 3 is 2.83 bits per heavy atom. The minimum absolute atomic E-state index is 0.181. The normalized spacial score (nSPS) is 12.0. The van der Waals surface area contributed by atoms with E-state index in [9.17, 15) is 4.39 Å². The molecule has 0 aliphatic heterocycles. The van der Waals surface area contributed by atoms with E-state index in [4.69, 9.17) is 5.26 Å². The molecule has 1 aromatic rings. The minimum atomic E-state index is -0.479. The number of pyridine rings is 1. The Bertz CT molecular complexity index is 651. The lowest BCUT2D eigenvalue weighted by molar-refractivity contribution is 0.609. The van der Waals surface area contributed by atoms with Crippen LogP contribution >= 0.6 is 0 Å². The smallest absolute Gasteiger partial charge is 0.148 e. The van der Waals surface area contributed by atoms with Crippen LogP contribution in [0.2, 0.25) is 0 Å². The molecule has 1 rings (SSSR count). The third-order valence-corrected chi connectivity index (χ3v) is 3.41. The molecule has 23 heavy (non-hydrogen) atoms. The molecule has 1 aromatic heterocycles. The van der Waals surface area contributed by atoms with Gasteiger partial charge in [0, 0.05) is 5.70 Å². The molecule has 0 aliphatic carbocycles. The van der Waals surface area contributed by atoms with Crippen LogP contribution in [0, 0.1) is 24.1 Å². The van der Waals surface area contributed by atoms with Crippen molar-refractivity contribution >= 4 is 5.82 Å². The molecule has 0 spiro atoms. The van der Waals surface area contributed by atoms with Crippen LogP contribution in [-0.4, -0.2) is 4.98 Å². The van der Waals surface area contributed by atoms with Gasteiger partial charge in [-0.25, -0.2) is 9.37 Å². The SMILES string of the molecule is C=C/C=C(\C=C(/C)CCCCC)Nc1nc(C)c(F)cc1C#N. The van der Waals surface area contributed by atoms with Gasteiger partial charge >= 0.3 is 0 Å². The summed E-state index contributed by atoms with van der Waals surface area (Å²) in [5.41, 5.74) is 2.45. The molecule has 0 amide bonds. The molecule has 1 N–H and O–H groups in total. The molecule has 3 nitrogen and oxygen atoms in total. The summed E-state index contributed by atoms with van der Waals surface area (Å²) in [5.74, 6) is -0.121. The number of rotatable bonds is 8. The van der Waals surface area contributed by atoms with Crippen molar-refractivity contribution in [3.05, 3.63) is 59.2 Å². The molecular formula is C19H24FN3. The first-order valence-electron chi connectivity index (χ1n) is 7.86. The van der Waals surface area contributed by atoms with Crippen LogP contribution in [0.1, 0.15) is 50.8 Å². The molecule has 122 valence electrons. The van der Waals surface area contributed by atoms with E-state index in [1.165, 1.54) is 24.5 Å². The minimum Gasteiger partial charge on any atom is -0.339 e. The number of halogens is 1. The summed E-state index contributed by atoms with van der Waals surface area (Å²) in [4.78, 5) is 4.14. The zero-order valence-corrected chi connectivity index (χ0v) is 14.1.